The second-order valence-electron chi connectivity index (χ2n) is 7.10. The van der Waals surface area contributed by atoms with Crippen molar-refractivity contribution in [3.05, 3.63) is 48.0 Å². The van der Waals surface area contributed by atoms with Gasteiger partial charge in [-0.25, -0.2) is 4.98 Å². The highest BCUT2D eigenvalue weighted by Crippen LogP contribution is 2.21. The van der Waals surface area contributed by atoms with E-state index < -0.39 is 0 Å². The number of aryl methyl sites for hydroxylation is 2. The van der Waals surface area contributed by atoms with Crippen molar-refractivity contribution in [2.45, 2.75) is 52.1 Å². The molecule has 0 aliphatic carbocycles. The SMILES string of the molecule is Cc1cccc(N2CCC(NC(=O)CC(C)n3ccnc3C)CC2)c1. The first kappa shape index (κ1) is 17.5. The van der Waals surface area contributed by atoms with E-state index in [9.17, 15) is 4.79 Å². The van der Waals surface area contributed by atoms with Crippen LogP contribution in [0, 0.1) is 13.8 Å². The minimum absolute atomic E-state index is 0.134. The highest BCUT2D eigenvalue weighted by Gasteiger charge is 2.22. The number of nitrogens with one attached hydrogen (secondary N) is 1. The van der Waals surface area contributed by atoms with Gasteiger partial charge < -0.3 is 14.8 Å². The van der Waals surface area contributed by atoms with Crippen molar-refractivity contribution in [2.75, 3.05) is 18.0 Å². The van der Waals surface area contributed by atoms with E-state index in [0.29, 0.717) is 6.42 Å². The molecule has 1 amide bonds. The van der Waals surface area contributed by atoms with Gasteiger partial charge in [-0.2, -0.15) is 0 Å². The van der Waals surface area contributed by atoms with Gasteiger partial charge in [0.05, 0.1) is 0 Å². The van der Waals surface area contributed by atoms with E-state index in [1.165, 1.54) is 11.3 Å². The number of piperidine rings is 1. The lowest BCUT2D eigenvalue weighted by atomic mass is 10.0. The van der Waals surface area contributed by atoms with E-state index in [2.05, 4.69) is 57.9 Å². The fraction of sp³-hybridized carbons (Fsp3) is 0.500. The molecule has 134 valence electrons. The number of benzene rings is 1. The predicted octanol–water partition coefficient (Wildman–Crippen LogP) is 3.24. The molecule has 1 saturated heterocycles. The zero-order valence-corrected chi connectivity index (χ0v) is 15.4. The van der Waals surface area contributed by atoms with E-state index in [0.717, 1.165) is 31.8 Å². The standard InChI is InChI=1S/C20H28N4O/c1-15-5-4-6-19(13-15)23-10-7-18(8-11-23)22-20(25)14-16(2)24-12-9-21-17(24)3/h4-6,9,12-13,16,18H,7-8,10-11,14H2,1-3H3,(H,22,25). The average molecular weight is 340 g/mol. The fourth-order valence-corrected chi connectivity index (χ4v) is 3.61. The Morgan fingerprint density at radius 1 is 1.32 bits per heavy atom. The van der Waals surface area contributed by atoms with Crippen LogP contribution in [-0.2, 0) is 4.79 Å². The molecule has 1 atom stereocenters. The van der Waals surface area contributed by atoms with Gasteiger partial charge in [-0.3, -0.25) is 4.79 Å². The van der Waals surface area contributed by atoms with Crippen LogP contribution in [0.2, 0.25) is 0 Å². The summed E-state index contributed by atoms with van der Waals surface area (Å²) in [5.41, 5.74) is 2.57. The van der Waals surface area contributed by atoms with Crippen LogP contribution in [0.25, 0.3) is 0 Å². The molecule has 0 saturated carbocycles. The highest BCUT2D eigenvalue weighted by molar-refractivity contribution is 5.76. The maximum absolute atomic E-state index is 12.4. The number of aromatic nitrogens is 2. The molecule has 1 unspecified atom stereocenters. The first-order chi connectivity index (χ1) is 12.0. The minimum atomic E-state index is 0.134. The van der Waals surface area contributed by atoms with E-state index in [-0.39, 0.29) is 18.0 Å². The van der Waals surface area contributed by atoms with Crippen molar-refractivity contribution >= 4 is 11.6 Å². The quantitative estimate of drug-likeness (QED) is 0.909. The number of hydrogen-bond donors (Lipinski definition) is 1. The summed E-state index contributed by atoms with van der Waals surface area (Å²) in [5.74, 6) is 1.08. The maximum atomic E-state index is 12.4. The van der Waals surface area contributed by atoms with Gasteiger partial charge in [-0.15, -0.1) is 0 Å². The third kappa shape index (κ3) is 4.41. The summed E-state index contributed by atoms with van der Waals surface area (Å²) >= 11 is 0. The van der Waals surface area contributed by atoms with Gasteiger partial charge in [0.2, 0.25) is 5.91 Å². The Bertz CT molecular complexity index is 716. The first-order valence-electron chi connectivity index (χ1n) is 9.13. The van der Waals surface area contributed by atoms with Gasteiger partial charge in [0.25, 0.3) is 0 Å². The number of carbonyl (C=O) groups excluding carboxylic acids is 1. The largest absolute Gasteiger partial charge is 0.371 e. The predicted molar refractivity (Wildman–Crippen MR) is 101 cm³/mol. The molecule has 5 heteroatoms. The monoisotopic (exact) mass is 340 g/mol. The van der Waals surface area contributed by atoms with Crippen molar-refractivity contribution in [3.63, 3.8) is 0 Å². The van der Waals surface area contributed by atoms with Crippen LogP contribution in [0.5, 0.6) is 0 Å². The summed E-state index contributed by atoms with van der Waals surface area (Å²) in [5, 5.41) is 3.22. The molecule has 5 nitrogen and oxygen atoms in total. The van der Waals surface area contributed by atoms with Crippen molar-refractivity contribution in [2.24, 2.45) is 0 Å². The molecule has 2 aromatic rings. The van der Waals surface area contributed by atoms with E-state index in [1.807, 2.05) is 13.1 Å². The number of rotatable bonds is 5. The maximum Gasteiger partial charge on any atom is 0.222 e. The Hall–Kier alpha value is -2.30. The van der Waals surface area contributed by atoms with Gasteiger partial charge in [0, 0.05) is 49.7 Å². The van der Waals surface area contributed by atoms with Crippen molar-refractivity contribution in [3.8, 4) is 0 Å². The Kier molecular flexibility index (Phi) is 5.41. The summed E-state index contributed by atoms with van der Waals surface area (Å²) in [4.78, 5) is 19.0. The third-order valence-corrected chi connectivity index (χ3v) is 5.04. The van der Waals surface area contributed by atoms with Crippen LogP contribution >= 0.6 is 0 Å². The summed E-state index contributed by atoms with van der Waals surface area (Å²) in [6.45, 7) is 8.14. The second-order valence-corrected chi connectivity index (χ2v) is 7.10. The van der Waals surface area contributed by atoms with Crippen molar-refractivity contribution in [1.29, 1.82) is 0 Å². The van der Waals surface area contributed by atoms with Gasteiger partial charge in [-0.1, -0.05) is 12.1 Å². The Labute approximate surface area is 150 Å². The first-order valence-corrected chi connectivity index (χ1v) is 9.13. The summed E-state index contributed by atoms with van der Waals surface area (Å²) < 4.78 is 2.06. The number of anilines is 1. The summed E-state index contributed by atoms with van der Waals surface area (Å²) in [6.07, 6.45) is 6.21. The smallest absolute Gasteiger partial charge is 0.222 e. The van der Waals surface area contributed by atoms with Gasteiger partial charge >= 0.3 is 0 Å². The molecule has 2 heterocycles. The molecule has 1 aromatic heterocycles. The zero-order chi connectivity index (χ0) is 17.8. The van der Waals surface area contributed by atoms with E-state index in [1.54, 1.807) is 6.20 Å². The number of nitrogens with zero attached hydrogens (tertiary/aromatic N) is 3. The zero-order valence-electron chi connectivity index (χ0n) is 15.4. The number of carbonyl (C=O) groups is 1. The molecule has 0 radical (unpaired) electrons. The van der Waals surface area contributed by atoms with Crippen molar-refractivity contribution < 1.29 is 4.79 Å². The third-order valence-electron chi connectivity index (χ3n) is 5.04. The molecule has 0 bridgehead atoms. The highest BCUT2D eigenvalue weighted by atomic mass is 16.1. The van der Waals surface area contributed by atoms with E-state index >= 15 is 0 Å². The second kappa shape index (κ2) is 7.72. The molecular weight excluding hydrogens is 312 g/mol. The van der Waals surface area contributed by atoms with Crippen LogP contribution in [0.1, 0.15) is 43.6 Å². The Balaban J connectivity index is 1.47. The number of hydrogen-bond acceptors (Lipinski definition) is 3. The van der Waals surface area contributed by atoms with Crippen LogP contribution < -0.4 is 10.2 Å². The lowest BCUT2D eigenvalue weighted by molar-refractivity contribution is -0.122. The lowest BCUT2D eigenvalue weighted by Crippen LogP contribution is -2.45. The topological polar surface area (TPSA) is 50.2 Å². The van der Waals surface area contributed by atoms with Crippen LogP contribution in [0.3, 0.4) is 0 Å². The summed E-state index contributed by atoms with van der Waals surface area (Å²) in [6, 6.07) is 9.05. The van der Waals surface area contributed by atoms with Crippen LogP contribution in [0.4, 0.5) is 5.69 Å². The van der Waals surface area contributed by atoms with E-state index in [4.69, 9.17) is 0 Å². The summed E-state index contributed by atoms with van der Waals surface area (Å²) in [7, 11) is 0. The molecule has 3 rings (SSSR count). The molecule has 1 N–H and O–H groups in total. The number of amides is 1. The number of imidazole rings is 1. The normalized spacial score (nSPS) is 16.7. The molecule has 1 aliphatic heterocycles. The molecule has 0 spiro atoms. The van der Waals surface area contributed by atoms with Gasteiger partial charge in [0.15, 0.2) is 0 Å². The molecule has 25 heavy (non-hydrogen) atoms. The van der Waals surface area contributed by atoms with Crippen LogP contribution in [0.15, 0.2) is 36.7 Å². The lowest BCUT2D eigenvalue weighted by Gasteiger charge is -2.34. The molecular formula is C20H28N4O. The Morgan fingerprint density at radius 2 is 2.08 bits per heavy atom. The fourth-order valence-electron chi connectivity index (χ4n) is 3.61. The van der Waals surface area contributed by atoms with Crippen LogP contribution in [-0.4, -0.2) is 34.6 Å². The van der Waals surface area contributed by atoms with Crippen molar-refractivity contribution in [1.82, 2.24) is 14.9 Å². The Morgan fingerprint density at radius 3 is 2.72 bits per heavy atom. The van der Waals surface area contributed by atoms with Gasteiger partial charge in [-0.05, 0) is 51.3 Å². The minimum Gasteiger partial charge on any atom is -0.371 e. The molecule has 1 aromatic carbocycles. The molecule has 1 fully saturated rings. The average Bonchev–Trinajstić information content (AvgIpc) is 3.01. The van der Waals surface area contributed by atoms with Gasteiger partial charge in [0.1, 0.15) is 5.82 Å². The molecule has 1 aliphatic rings.